The average molecular weight is 468 g/mol. The summed E-state index contributed by atoms with van der Waals surface area (Å²) in [4.78, 5) is 44.2. The first-order valence-corrected chi connectivity index (χ1v) is 8.49. The van der Waals surface area contributed by atoms with Gasteiger partial charge in [-0.2, -0.15) is 0 Å². The van der Waals surface area contributed by atoms with E-state index in [0.29, 0.717) is 10.0 Å². The number of carbonyl (C=O) groups excluding carboxylic acids is 2. The number of hydrazine groups is 1. The third-order valence-electron chi connectivity index (χ3n) is 3.22. The second-order valence-corrected chi connectivity index (χ2v) is 6.36. The number of rotatable bonds is 4. The molecule has 0 radical (unpaired) electrons. The molecule has 0 heterocycles. The first-order chi connectivity index (χ1) is 13.2. The van der Waals surface area contributed by atoms with Crippen LogP contribution in [0.25, 0.3) is 0 Å². The summed E-state index contributed by atoms with van der Waals surface area (Å²) >= 11 is 8.07. The van der Waals surface area contributed by atoms with Crippen LogP contribution in [0.3, 0.4) is 0 Å². The highest BCUT2D eigenvalue weighted by Gasteiger charge is 2.20. The highest BCUT2D eigenvalue weighted by molar-refractivity contribution is 9.10. The van der Waals surface area contributed by atoms with Gasteiger partial charge in [0.2, 0.25) is 0 Å². The molecular formula is C15H10BrN5O6S. The van der Waals surface area contributed by atoms with Crippen molar-refractivity contribution in [1.82, 2.24) is 16.2 Å². The third-order valence-corrected chi connectivity index (χ3v) is 4.12. The van der Waals surface area contributed by atoms with E-state index < -0.39 is 33.0 Å². The van der Waals surface area contributed by atoms with Gasteiger partial charge in [-0.05, 0) is 40.3 Å². The molecule has 2 aromatic carbocycles. The lowest BCUT2D eigenvalue weighted by molar-refractivity contribution is -0.394. The van der Waals surface area contributed by atoms with Crippen molar-refractivity contribution in [2.75, 3.05) is 0 Å². The number of nitro groups is 2. The van der Waals surface area contributed by atoms with Gasteiger partial charge in [0.1, 0.15) is 0 Å². The van der Waals surface area contributed by atoms with E-state index in [1.807, 2.05) is 0 Å². The maximum Gasteiger partial charge on any atom is 0.277 e. The van der Waals surface area contributed by atoms with Crippen LogP contribution in [0.5, 0.6) is 0 Å². The van der Waals surface area contributed by atoms with Gasteiger partial charge in [-0.15, -0.1) is 0 Å². The van der Waals surface area contributed by atoms with Crippen molar-refractivity contribution < 1.29 is 19.4 Å². The number of hydrogen-bond acceptors (Lipinski definition) is 7. The molecule has 0 atom stereocenters. The normalized spacial score (nSPS) is 9.89. The first kappa shape index (κ1) is 20.9. The smallest absolute Gasteiger partial charge is 0.277 e. The Kier molecular flexibility index (Phi) is 6.68. The van der Waals surface area contributed by atoms with Crippen LogP contribution in [0.4, 0.5) is 11.4 Å². The molecule has 0 aliphatic carbocycles. The van der Waals surface area contributed by atoms with Gasteiger partial charge in [0.15, 0.2) is 5.11 Å². The summed E-state index contributed by atoms with van der Waals surface area (Å²) in [6, 6.07) is 9.03. The lowest BCUT2D eigenvalue weighted by Gasteiger charge is -2.11. The van der Waals surface area contributed by atoms with Gasteiger partial charge in [-0.3, -0.25) is 46.0 Å². The Hall–Kier alpha value is -3.45. The number of nitrogens with one attached hydrogen (secondary N) is 3. The predicted octanol–water partition coefficient (Wildman–Crippen LogP) is 2.21. The summed E-state index contributed by atoms with van der Waals surface area (Å²) in [7, 11) is 0. The molecule has 0 saturated heterocycles. The van der Waals surface area contributed by atoms with E-state index in [9.17, 15) is 29.8 Å². The molecule has 0 unspecified atom stereocenters. The molecule has 0 aromatic heterocycles. The molecule has 0 fully saturated rings. The van der Waals surface area contributed by atoms with Gasteiger partial charge >= 0.3 is 0 Å². The highest BCUT2D eigenvalue weighted by Crippen LogP contribution is 2.22. The topological polar surface area (TPSA) is 157 Å². The Bertz CT molecular complexity index is 966. The minimum Gasteiger partial charge on any atom is -0.298 e. The minimum atomic E-state index is -0.931. The summed E-state index contributed by atoms with van der Waals surface area (Å²) in [5.74, 6) is -1.48. The number of halogens is 1. The first-order valence-electron chi connectivity index (χ1n) is 7.29. The minimum absolute atomic E-state index is 0.304. The molecule has 13 heteroatoms. The Morgan fingerprint density at radius 1 is 0.929 bits per heavy atom. The van der Waals surface area contributed by atoms with E-state index in [-0.39, 0.29) is 10.7 Å². The van der Waals surface area contributed by atoms with Crippen molar-refractivity contribution in [3.63, 3.8) is 0 Å². The lowest BCUT2D eigenvalue weighted by atomic mass is 10.1. The summed E-state index contributed by atoms with van der Waals surface area (Å²) in [5, 5.41) is 23.6. The molecular weight excluding hydrogens is 458 g/mol. The molecule has 2 amide bonds. The van der Waals surface area contributed by atoms with E-state index in [1.54, 1.807) is 24.3 Å². The molecule has 0 saturated carbocycles. The number of non-ortho nitro benzene ring substituents is 2. The van der Waals surface area contributed by atoms with Gasteiger partial charge in [0, 0.05) is 16.6 Å². The highest BCUT2D eigenvalue weighted by atomic mass is 79.9. The quantitative estimate of drug-likeness (QED) is 0.350. The number of nitro benzene ring substituents is 2. The van der Waals surface area contributed by atoms with Gasteiger partial charge in [-0.25, -0.2) is 0 Å². The number of amides is 2. The van der Waals surface area contributed by atoms with E-state index in [0.717, 1.165) is 18.2 Å². The second kappa shape index (κ2) is 8.96. The summed E-state index contributed by atoms with van der Waals surface area (Å²) in [5.41, 5.74) is 3.27. The van der Waals surface area contributed by atoms with Crippen LogP contribution >= 0.6 is 28.1 Å². The maximum absolute atomic E-state index is 12.2. The standard InChI is InChI=1S/C15H10BrN5O6S/c16-12-4-2-1-3-11(12)14(23)18-19-15(28)17-13(22)8-5-9(20(24)25)7-10(6-8)21(26)27/h1-7H,(H,18,23)(H2,17,19,22,28). The van der Waals surface area contributed by atoms with E-state index in [2.05, 4.69) is 32.1 Å². The average Bonchev–Trinajstić information content (AvgIpc) is 2.65. The monoisotopic (exact) mass is 467 g/mol. The predicted molar refractivity (Wildman–Crippen MR) is 105 cm³/mol. The van der Waals surface area contributed by atoms with E-state index in [1.165, 1.54) is 0 Å². The number of nitrogens with zero attached hydrogens (tertiary/aromatic N) is 2. The number of hydrogen-bond donors (Lipinski definition) is 3. The fourth-order valence-electron chi connectivity index (χ4n) is 1.97. The van der Waals surface area contributed by atoms with Crippen molar-refractivity contribution in [3.8, 4) is 0 Å². The Morgan fingerprint density at radius 3 is 2.04 bits per heavy atom. The van der Waals surface area contributed by atoms with E-state index in [4.69, 9.17) is 12.2 Å². The van der Waals surface area contributed by atoms with Crippen molar-refractivity contribution in [2.45, 2.75) is 0 Å². The fourth-order valence-corrected chi connectivity index (χ4v) is 2.58. The van der Waals surface area contributed by atoms with Gasteiger partial charge in [-0.1, -0.05) is 12.1 Å². The molecule has 11 nitrogen and oxygen atoms in total. The lowest BCUT2D eigenvalue weighted by Crippen LogP contribution is -2.48. The maximum atomic E-state index is 12.2. The van der Waals surface area contributed by atoms with Gasteiger partial charge in [0.05, 0.1) is 27.0 Å². The Morgan fingerprint density at radius 2 is 1.50 bits per heavy atom. The second-order valence-electron chi connectivity index (χ2n) is 5.09. The van der Waals surface area contributed by atoms with Crippen LogP contribution in [0.15, 0.2) is 46.9 Å². The van der Waals surface area contributed by atoms with Gasteiger partial charge < -0.3 is 0 Å². The molecule has 0 bridgehead atoms. The summed E-state index contributed by atoms with van der Waals surface area (Å²) < 4.78 is 0.535. The molecule has 0 aliphatic rings. The molecule has 144 valence electrons. The molecule has 2 aromatic rings. The zero-order chi connectivity index (χ0) is 20.8. The Balaban J connectivity index is 2.05. The largest absolute Gasteiger partial charge is 0.298 e. The van der Waals surface area contributed by atoms with Crippen molar-refractivity contribution >= 4 is 56.4 Å². The van der Waals surface area contributed by atoms with Crippen LogP contribution < -0.4 is 16.2 Å². The summed E-state index contributed by atoms with van der Waals surface area (Å²) in [6.45, 7) is 0. The SMILES string of the molecule is O=C(NC(=S)NNC(=O)c1ccccc1Br)c1cc([N+](=O)[O-])cc([N+](=O)[O-])c1. The number of thiocarbonyl (C=S) groups is 1. The van der Waals surface area contributed by atoms with Crippen molar-refractivity contribution in [3.05, 3.63) is 78.3 Å². The van der Waals surface area contributed by atoms with E-state index >= 15 is 0 Å². The van der Waals surface area contributed by atoms with Crippen LogP contribution in [-0.2, 0) is 0 Å². The zero-order valence-electron chi connectivity index (χ0n) is 13.7. The third kappa shape index (κ3) is 5.28. The molecule has 3 N–H and O–H groups in total. The zero-order valence-corrected chi connectivity index (χ0v) is 16.1. The van der Waals surface area contributed by atoms with Crippen LogP contribution in [0, 0.1) is 20.2 Å². The van der Waals surface area contributed by atoms with Crippen LogP contribution in [-0.4, -0.2) is 26.8 Å². The molecule has 2 rings (SSSR count). The fraction of sp³-hybridized carbons (Fsp3) is 0. The molecule has 0 aliphatic heterocycles. The summed E-state index contributed by atoms with van der Waals surface area (Å²) in [6.07, 6.45) is 0. The van der Waals surface area contributed by atoms with Gasteiger partial charge in [0.25, 0.3) is 23.2 Å². The Labute approximate surface area is 170 Å². The van der Waals surface area contributed by atoms with Crippen LogP contribution in [0.1, 0.15) is 20.7 Å². The molecule has 0 spiro atoms. The number of benzene rings is 2. The van der Waals surface area contributed by atoms with Crippen LogP contribution in [0.2, 0.25) is 0 Å². The molecule has 28 heavy (non-hydrogen) atoms. The van der Waals surface area contributed by atoms with Crippen molar-refractivity contribution in [2.24, 2.45) is 0 Å². The van der Waals surface area contributed by atoms with Crippen molar-refractivity contribution in [1.29, 1.82) is 0 Å². The number of carbonyl (C=O) groups is 2.